The number of amides is 1. The van der Waals surface area contributed by atoms with Gasteiger partial charge in [-0.1, -0.05) is 0 Å². The average Bonchev–Trinajstić information content (AvgIpc) is 1.60. The number of nitrogens with zero attached hydrogens (tertiary/aromatic N) is 1. The Labute approximate surface area is 58.9 Å². The van der Waals surface area contributed by atoms with E-state index in [9.17, 15) is 18.0 Å². The molecule has 1 N–H and O–H groups in total. The summed E-state index contributed by atoms with van der Waals surface area (Å²) in [7, 11) is 0.820. The van der Waals surface area contributed by atoms with E-state index in [0.717, 1.165) is 7.05 Å². The molecule has 0 spiro atoms. The van der Waals surface area contributed by atoms with Gasteiger partial charge in [0.1, 0.15) is 0 Å². The van der Waals surface area contributed by atoms with Gasteiger partial charge in [-0.05, 0) is 0 Å². The lowest BCUT2D eigenvalue weighted by atomic mass is 11.1. The largest absolute Gasteiger partial charge is 0.464 e. The number of halogens is 3. The molecule has 0 aliphatic rings. The number of rotatable bonds is 1. The van der Waals surface area contributed by atoms with Gasteiger partial charge in [0.15, 0.2) is 0 Å². The fourth-order valence-corrected chi connectivity index (χ4v) is 0.583. The summed E-state index contributed by atoms with van der Waals surface area (Å²) in [4.78, 5) is 9.78. The molecule has 10 heavy (non-hydrogen) atoms. The Morgan fingerprint density at radius 3 is 2.10 bits per heavy atom. The zero-order valence-corrected chi connectivity index (χ0v) is 5.66. The van der Waals surface area contributed by atoms with E-state index in [-0.39, 0.29) is 4.31 Å². The Bertz CT molecular complexity index is 136. The highest BCUT2D eigenvalue weighted by Gasteiger charge is 2.33. The summed E-state index contributed by atoms with van der Waals surface area (Å²) >= 11 is -0.701. The van der Waals surface area contributed by atoms with Crippen LogP contribution in [0.4, 0.5) is 18.0 Å². The van der Waals surface area contributed by atoms with Crippen LogP contribution in [0, 0.1) is 0 Å². The van der Waals surface area contributed by atoms with Crippen molar-refractivity contribution in [1.29, 1.82) is 0 Å². The van der Waals surface area contributed by atoms with Gasteiger partial charge in [-0.3, -0.25) is 0 Å². The fourth-order valence-electron chi connectivity index (χ4n) is 0.194. The van der Waals surface area contributed by atoms with Crippen LogP contribution in [0.25, 0.3) is 0 Å². The molecule has 0 heterocycles. The van der Waals surface area contributed by atoms with Gasteiger partial charge in [-0.25, -0.2) is 9.10 Å². The van der Waals surface area contributed by atoms with Crippen molar-refractivity contribution >= 4 is 18.0 Å². The van der Waals surface area contributed by atoms with Gasteiger partial charge in [-0.2, -0.15) is 13.2 Å². The molecule has 0 unspecified atom stereocenters. The quantitative estimate of drug-likeness (QED) is 0.617. The van der Waals surface area contributed by atoms with Crippen LogP contribution < -0.4 is 0 Å². The van der Waals surface area contributed by atoms with Crippen LogP contribution in [0.15, 0.2) is 0 Å². The first-order chi connectivity index (χ1) is 4.33. The minimum absolute atomic E-state index is 0.0833. The molecule has 0 atom stereocenters. The first-order valence-corrected chi connectivity index (χ1v) is 2.83. The van der Waals surface area contributed by atoms with Crippen LogP contribution in [0.2, 0.25) is 0 Å². The second-order valence-corrected chi connectivity index (χ2v) is 2.51. The van der Waals surface area contributed by atoms with Crippen LogP contribution in [-0.4, -0.2) is 28.1 Å². The van der Waals surface area contributed by atoms with E-state index < -0.39 is 23.5 Å². The van der Waals surface area contributed by atoms with Crippen molar-refractivity contribution in [3.05, 3.63) is 0 Å². The summed E-state index contributed by atoms with van der Waals surface area (Å²) in [5, 5.41) is 7.95. The van der Waals surface area contributed by atoms with Crippen molar-refractivity contribution in [2.24, 2.45) is 0 Å². The fraction of sp³-hybridized carbons (Fsp3) is 0.667. The summed E-state index contributed by atoms with van der Waals surface area (Å²) in [5.74, 6) is 0. The first kappa shape index (κ1) is 9.41. The molecular weight excluding hydrogens is 171 g/mol. The van der Waals surface area contributed by atoms with Gasteiger partial charge in [-0.15, -0.1) is 0 Å². The molecule has 60 valence electrons. The second-order valence-electron chi connectivity index (χ2n) is 1.32. The Balaban J connectivity index is 3.80. The van der Waals surface area contributed by atoms with Crippen LogP contribution in [0.3, 0.4) is 0 Å². The van der Waals surface area contributed by atoms with Gasteiger partial charge in [0, 0.05) is 7.05 Å². The van der Waals surface area contributed by atoms with E-state index in [4.69, 9.17) is 5.11 Å². The van der Waals surface area contributed by atoms with E-state index in [2.05, 4.69) is 0 Å². The molecule has 7 heteroatoms. The maximum absolute atomic E-state index is 11.3. The molecule has 0 fully saturated rings. The molecule has 0 saturated heterocycles. The number of carboxylic acid groups (broad SMARTS) is 1. The number of carbonyl (C=O) groups is 1. The highest BCUT2D eigenvalue weighted by Crippen LogP contribution is 2.31. The molecule has 0 aliphatic heterocycles. The molecule has 3 nitrogen and oxygen atoms in total. The third-order valence-corrected chi connectivity index (χ3v) is 1.15. The molecular formula is C3H4F3NO2S. The second kappa shape index (κ2) is 3.00. The van der Waals surface area contributed by atoms with Crippen LogP contribution >= 0.6 is 11.9 Å². The number of alkyl halides is 3. The van der Waals surface area contributed by atoms with Crippen molar-refractivity contribution in [3.8, 4) is 0 Å². The smallest absolute Gasteiger partial charge is 0.461 e. The molecule has 0 saturated carbocycles. The minimum atomic E-state index is -4.53. The van der Waals surface area contributed by atoms with Crippen molar-refractivity contribution in [2.45, 2.75) is 5.51 Å². The molecule has 0 bridgehead atoms. The standard InChI is InChI=1S/C3H4F3NO2S/c1-7(2(8)9)10-3(4,5)6/h1H3,(H,8,9). The van der Waals surface area contributed by atoms with Crippen LogP contribution in [0.5, 0.6) is 0 Å². The minimum Gasteiger partial charge on any atom is -0.464 e. The molecule has 0 radical (unpaired) electrons. The van der Waals surface area contributed by atoms with Gasteiger partial charge < -0.3 is 5.11 Å². The summed E-state index contributed by atoms with van der Waals surface area (Å²) in [6, 6.07) is 0. The van der Waals surface area contributed by atoms with Crippen molar-refractivity contribution in [3.63, 3.8) is 0 Å². The summed E-state index contributed by atoms with van der Waals surface area (Å²) in [6.07, 6.45) is -1.62. The average molecular weight is 175 g/mol. The summed E-state index contributed by atoms with van der Waals surface area (Å²) in [6.45, 7) is 0. The van der Waals surface area contributed by atoms with Gasteiger partial charge in [0.2, 0.25) is 0 Å². The predicted molar refractivity (Wildman–Crippen MR) is 29.4 cm³/mol. The van der Waals surface area contributed by atoms with E-state index in [1.165, 1.54) is 0 Å². The Hall–Kier alpha value is -0.590. The summed E-state index contributed by atoms with van der Waals surface area (Å²) < 4.78 is 34.1. The topological polar surface area (TPSA) is 40.5 Å². The maximum Gasteiger partial charge on any atom is 0.461 e. The van der Waals surface area contributed by atoms with E-state index >= 15 is 0 Å². The summed E-state index contributed by atoms with van der Waals surface area (Å²) in [5.41, 5.74) is -4.53. The monoisotopic (exact) mass is 175 g/mol. The molecule has 0 aromatic rings. The highest BCUT2D eigenvalue weighted by atomic mass is 32.2. The SMILES string of the molecule is CN(SC(F)(F)F)C(=O)O. The maximum atomic E-state index is 11.3. The van der Waals surface area contributed by atoms with Crippen molar-refractivity contribution in [2.75, 3.05) is 7.05 Å². The van der Waals surface area contributed by atoms with Gasteiger partial charge in [0.05, 0.1) is 11.9 Å². The lowest BCUT2D eigenvalue weighted by molar-refractivity contribution is -0.0356. The molecule has 0 rings (SSSR count). The molecule has 0 aromatic heterocycles. The Kier molecular flexibility index (Phi) is 2.82. The number of hydrogen-bond acceptors (Lipinski definition) is 2. The van der Waals surface area contributed by atoms with Crippen LogP contribution in [0.1, 0.15) is 0 Å². The molecule has 0 aromatic carbocycles. The van der Waals surface area contributed by atoms with Crippen molar-refractivity contribution < 1.29 is 23.1 Å². The zero-order chi connectivity index (χ0) is 8.36. The van der Waals surface area contributed by atoms with Crippen molar-refractivity contribution in [1.82, 2.24) is 4.31 Å². The third kappa shape index (κ3) is 4.30. The lowest BCUT2D eigenvalue weighted by Gasteiger charge is -2.12. The Morgan fingerprint density at radius 2 is 2.00 bits per heavy atom. The zero-order valence-electron chi connectivity index (χ0n) is 4.84. The van der Waals surface area contributed by atoms with Crippen LogP contribution in [-0.2, 0) is 0 Å². The van der Waals surface area contributed by atoms with E-state index in [0.29, 0.717) is 0 Å². The first-order valence-electron chi connectivity index (χ1n) is 2.05. The third-order valence-electron chi connectivity index (χ3n) is 0.510. The molecule has 0 aliphatic carbocycles. The lowest BCUT2D eigenvalue weighted by Crippen LogP contribution is -2.21. The molecule has 1 amide bonds. The van der Waals surface area contributed by atoms with E-state index in [1.54, 1.807) is 0 Å². The van der Waals surface area contributed by atoms with E-state index in [1.807, 2.05) is 0 Å². The van der Waals surface area contributed by atoms with Gasteiger partial charge in [0.25, 0.3) is 0 Å². The highest BCUT2D eigenvalue weighted by molar-refractivity contribution is 7.98. The predicted octanol–water partition coefficient (Wildman–Crippen LogP) is 1.76. The Morgan fingerprint density at radius 1 is 1.60 bits per heavy atom. The number of hydrogen-bond donors (Lipinski definition) is 1. The van der Waals surface area contributed by atoms with Gasteiger partial charge >= 0.3 is 11.6 Å². The normalized spacial score (nSPS) is 11.2.